The molecule has 0 rings (SSSR count). The van der Waals surface area contributed by atoms with Crippen LogP contribution in [0.2, 0.25) is 0 Å². The van der Waals surface area contributed by atoms with Gasteiger partial charge >= 0.3 is 5.97 Å². The molecule has 1 N–H and O–H groups in total. The summed E-state index contributed by atoms with van der Waals surface area (Å²) >= 11 is 1.53. The fraction of sp³-hybridized carbons (Fsp3) is 0.500. The van der Waals surface area contributed by atoms with Crippen LogP contribution in [0.1, 0.15) is 13.8 Å². The van der Waals surface area contributed by atoms with Crippen LogP contribution in [-0.2, 0) is 35.0 Å². The van der Waals surface area contributed by atoms with Crippen molar-refractivity contribution in [1.29, 1.82) is 0 Å². The summed E-state index contributed by atoms with van der Waals surface area (Å²) in [5.41, 5.74) is 0. The van der Waals surface area contributed by atoms with E-state index in [1.807, 2.05) is 0 Å². The van der Waals surface area contributed by atoms with Crippen molar-refractivity contribution >= 4 is 34.9 Å². The van der Waals surface area contributed by atoms with Crippen molar-refractivity contribution in [2.45, 2.75) is 13.8 Å². The zero-order chi connectivity index (χ0) is 7.86. The molecule has 0 fully saturated rings. The zero-order valence-corrected chi connectivity index (χ0v) is 8.99. The Morgan fingerprint density at radius 2 is 1.50 bits per heavy atom. The maximum atomic E-state index is 9.58. The van der Waals surface area contributed by atoms with Crippen molar-refractivity contribution < 1.29 is 40.1 Å². The first-order chi connectivity index (χ1) is 4.00. The minimum atomic E-state index is -0.833. The predicted molar refractivity (Wildman–Crippen MR) is 39.1 cm³/mol. The molecule has 0 atom stereocenters. The molecule has 1 radical (unpaired) electrons. The molecule has 0 aliphatic rings. The second kappa shape index (κ2) is 12.1. The van der Waals surface area contributed by atoms with Gasteiger partial charge in [-0.25, -0.2) is 0 Å². The van der Waals surface area contributed by atoms with E-state index in [0.717, 1.165) is 6.92 Å². The molecule has 0 amide bonds. The van der Waals surface area contributed by atoms with Gasteiger partial charge in [0.25, 0.3) is 5.97 Å². The Morgan fingerprint density at radius 3 is 1.50 bits per heavy atom. The molecule has 0 aliphatic heterocycles. The molecule has 0 unspecified atom stereocenters. The minimum Gasteiger partial charge on any atom is -0.481 e. The molecule has 0 aromatic carbocycles. The number of hydrogen-bond acceptors (Lipinski definition) is 3. The van der Waals surface area contributed by atoms with Crippen LogP contribution in [0, 0.1) is 0 Å². The Hall–Kier alpha value is 0.410. The van der Waals surface area contributed by atoms with Crippen LogP contribution in [0.25, 0.3) is 0 Å². The average molecular weight is 354 g/mol. The van der Waals surface area contributed by atoms with Crippen LogP contribution in [0.3, 0.4) is 0 Å². The van der Waals surface area contributed by atoms with Crippen molar-refractivity contribution in [2.24, 2.45) is 0 Å². The number of carboxylic acids is 1. The van der Waals surface area contributed by atoms with E-state index in [4.69, 9.17) is 9.90 Å². The van der Waals surface area contributed by atoms with Crippen LogP contribution in [-0.4, -0.2) is 17.0 Å². The first-order valence-electron chi connectivity index (χ1n) is 1.99. The molecule has 0 heterocycles. The van der Waals surface area contributed by atoms with Gasteiger partial charge in [-0.2, -0.15) is 0 Å². The van der Waals surface area contributed by atoms with E-state index in [1.165, 1.54) is 29.9 Å². The molecular weight excluding hydrogens is 347 g/mol. The van der Waals surface area contributed by atoms with Crippen molar-refractivity contribution in [3.05, 3.63) is 0 Å². The first kappa shape index (κ1) is 16.8. The van der Waals surface area contributed by atoms with E-state index in [2.05, 4.69) is 3.07 Å². The van der Waals surface area contributed by atoms with Gasteiger partial charge in [0, 0.05) is 36.2 Å². The molecule has 6 heteroatoms. The van der Waals surface area contributed by atoms with E-state index < -0.39 is 5.97 Å². The third kappa shape index (κ3) is 79.5. The summed E-state index contributed by atoms with van der Waals surface area (Å²) in [6.45, 7) is 2.44. The Morgan fingerprint density at radius 1 is 1.40 bits per heavy atom. The van der Waals surface area contributed by atoms with Crippen LogP contribution in [0.15, 0.2) is 0 Å². The summed E-state index contributed by atoms with van der Waals surface area (Å²) in [5, 5.41) is 7.42. The Balaban J connectivity index is -0.0000000910. The fourth-order valence-electron chi connectivity index (χ4n) is 0. The Kier molecular flexibility index (Phi) is 20.3. The maximum absolute atomic E-state index is 9.58. The van der Waals surface area contributed by atoms with Gasteiger partial charge in [0.15, 0.2) is 23.0 Å². The van der Waals surface area contributed by atoms with Crippen molar-refractivity contribution in [2.75, 3.05) is 0 Å². The summed E-state index contributed by atoms with van der Waals surface area (Å²) in [5.74, 6) is -1.09. The van der Waals surface area contributed by atoms with Crippen molar-refractivity contribution in [3.63, 3.8) is 0 Å². The molecule has 0 bridgehead atoms. The number of carboxylic acid groups (broad SMARTS) is 1. The monoisotopic (exact) mass is 353 g/mol. The molecule has 0 aromatic heterocycles. The molecular formula is C4H7AgIO4. The summed E-state index contributed by atoms with van der Waals surface area (Å²) < 4.78 is 4.08. The summed E-state index contributed by atoms with van der Waals surface area (Å²) in [6.07, 6.45) is 0. The average Bonchev–Trinajstić information content (AvgIpc) is 1.65. The van der Waals surface area contributed by atoms with Gasteiger partial charge in [0.2, 0.25) is 0 Å². The molecule has 0 spiro atoms. The quantitative estimate of drug-likeness (QED) is 0.521. The summed E-state index contributed by atoms with van der Waals surface area (Å²) in [4.78, 5) is 18.6. The summed E-state index contributed by atoms with van der Waals surface area (Å²) in [7, 11) is 0. The molecule has 65 valence electrons. The molecule has 4 nitrogen and oxygen atoms in total. The normalized spacial score (nSPS) is 5.90. The van der Waals surface area contributed by atoms with Crippen LogP contribution in [0.4, 0.5) is 0 Å². The Bertz CT molecular complexity index is 101. The zero-order valence-electron chi connectivity index (χ0n) is 5.35. The second-order valence-electron chi connectivity index (χ2n) is 1.09. The first-order valence-corrected chi connectivity index (χ1v) is 2.87. The topological polar surface area (TPSA) is 63.6 Å². The van der Waals surface area contributed by atoms with Gasteiger partial charge in [-0.1, -0.05) is 0 Å². The second-order valence-corrected chi connectivity index (χ2v) is 1.53. The van der Waals surface area contributed by atoms with Crippen LogP contribution < -0.4 is 0 Å². The minimum absolute atomic E-state index is 0. The number of rotatable bonds is 0. The number of carbonyl (C=O) groups excluding carboxylic acids is 1. The SMILES string of the molecule is CC(=O)O.CC(=O)OI.[Ag]. The predicted octanol–water partition coefficient (Wildman–Crippen LogP) is 0.988. The number of carbonyl (C=O) groups is 2. The smallest absolute Gasteiger partial charge is 0.312 e. The van der Waals surface area contributed by atoms with Crippen molar-refractivity contribution in [3.8, 4) is 0 Å². The maximum Gasteiger partial charge on any atom is 0.312 e. The van der Waals surface area contributed by atoms with Crippen LogP contribution >= 0.6 is 23.0 Å². The number of aliphatic carboxylic acids is 1. The largest absolute Gasteiger partial charge is 0.481 e. The molecule has 10 heavy (non-hydrogen) atoms. The third-order valence-corrected chi connectivity index (χ3v) is 0.729. The van der Waals surface area contributed by atoms with Gasteiger partial charge in [0.1, 0.15) is 0 Å². The fourth-order valence-corrected chi connectivity index (χ4v) is 0. The third-order valence-electron chi connectivity index (χ3n) is 0.109. The van der Waals surface area contributed by atoms with E-state index in [0.29, 0.717) is 0 Å². The van der Waals surface area contributed by atoms with Gasteiger partial charge in [-0.3, -0.25) is 9.59 Å². The van der Waals surface area contributed by atoms with Crippen LogP contribution in [0.5, 0.6) is 0 Å². The molecule has 0 saturated heterocycles. The number of halogens is 1. The van der Waals surface area contributed by atoms with E-state index in [-0.39, 0.29) is 28.3 Å². The Labute approximate surface area is 88.5 Å². The molecule has 0 saturated carbocycles. The standard InChI is InChI=1S/C2H3IO2.C2H4O2.Ag/c1-2(4)5-3;1-2(3)4;/h1H3;1H3,(H,3,4);. The van der Waals surface area contributed by atoms with Gasteiger partial charge < -0.3 is 8.17 Å². The number of hydrogen-bond donors (Lipinski definition) is 1. The van der Waals surface area contributed by atoms with Crippen molar-refractivity contribution in [1.82, 2.24) is 0 Å². The van der Waals surface area contributed by atoms with Gasteiger partial charge in [-0.05, 0) is 0 Å². The van der Waals surface area contributed by atoms with E-state index >= 15 is 0 Å². The summed E-state index contributed by atoms with van der Waals surface area (Å²) in [6, 6.07) is 0. The molecule has 0 aromatic rings. The van der Waals surface area contributed by atoms with E-state index in [1.54, 1.807) is 0 Å². The van der Waals surface area contributed by atoms with Gasteiger partial charge in [-0.15, -0.1) is 0 Å². The van der Waals surface area contributed by atoms with Gasteiger partial charge in [0.05, 0.1) is 0 Å². The van der Waals surface area contributed by atoms with E-state index in [9.17, 15) is 4.79 Å². The molecule has 0 aliphatic carbocycles.